The predicted molar refractivity (Wildman–Crippen MR) is 109 cm³/mol. The van der Waals surface area contributed by atoms with Crippen molar-refractivity contribution in [2.24, 2.45) is 5.92 Å². The van der Waals surface area contributed by atoms with E-state index >= 15 is 0 Å². The van der Waals surface area contributed by atoms with Gasteiger partial charge in [-0.15, -0.1) is 0 Å². The summed E-state index contributed by atoms with van der Waals surface area (Å²) in [5, 5.41) is 2.90. The number of nitrogens with zero attached hydrogens (tertiary/aromatic N) is 3. The maximum atomic E-state index is 13.2. The molecule has 0 saturated carbocycles. The van der Waals surface area contributed by atoms with Gasteiger partial charge < -0.3 is 5.32 Å². The number of hydrogen-bond donors (Lipinski definition) is 1. The highest BCUT2D eigenvalue weighted by Crippen LogP contribution is 2.28. The fourth-order valence-electron chi connectivity index (χ4n) is 3.38. The standard InChI is InChI=1S/C19H20N4O3S2/c1-13-7-9-15(10-8-13)20-19(24)14-4-3-11-23(12-14)28(25,26)17-6-2-5-16-18(17)22-27-21-16/h2,5-10,14H,3-4,11-12H2,1H3,(H,20,24)/t14-/m1/s1. The summed E-state index contributed by atoms with van der Waals surface area (Å²) in [6.07, 6.45) is 1.29. The van der Waals surface area contributed by atoms with E-state index in [2.05, 4.69) is 14.1 Å². The zero-order valence-corrected chi connectivity index (χ0v) is 17.0. The minimum atomic E-state index is -3.75. The van der Waals surface area contributed by atoms with Gasteiger partial charge in [0.15, 0.2) is 0 Å². The van der Waals surface area contributed by atoms with Crippen LogP contribution >= 0.6 is 11.7 Å². The third-order valence-electron chi connectivity index (χ3n) is 4.94. The number of fused-ring (bicyclic) bond motifs is 1. The molecule has 1 saturated heterocycles. The van der Waals surface area contributed by atoms with Crippen LogP contribution in [0.25, 0.3) is 11.0 Å². The van der Waals surface area contributed by atoms with E-state index in [1.54, 1.807) is 18.2 Å². The van der Waals surface area contributed by atoms with Crippen molar-refractivity contribution in [1.29, 1.82) is 0 Å². The van der Waals surface area contributed by atoms with Gasteiger partial charge in [0.2, 0.25) is 15.9 Å². The van der Waals surface area contributed by atoms with Crippen LogP contribution in [-0.2, 0) is 14.8 Å². The Morgan fingerprint density at radius 3 is 2.75 bits per heavy atom. The third-order valence-corrected chi connectivity index (χ3v) is 7.38. The molecular formula is C19H20N4O3S2. The van der Waals surface area contributed by atoms with E-state index in [0.717, 1.165) is 17.3 Å². The van der Waals surface area contributed by atoms with Crippen molar-refractivity contribution in [2.75, 3.05) is 18.4 Å². The van der Waals surface area contributed by atoms with Gasteiger partial charge in [-0.25, -0.2) is 8.42 Å². The lowest BCUT2D eigenvalue weighted by atomic mass is 9.98. The second-order valence-corrected chi connectivity index (χ2v) is 9.38. The van der Waals surface area contributed by atoms with Gasteiger partial charge in [0, 0.05) is 18.8 Å². The normalized spacial score (nSPS) is 18.2. The van der Waals surface area contributed by atoms with Crippen molar-refractivity contribution >= 4 is 44.4 Å². The number of aromatic nitrogens is 2. The first-order chi connectivity index (χ1) is 13.4. The molecular weight excluding hydrogens is 396 g/mol. The first-order valence-electron chi connectivity index (χ1n) is 9.04. The van der Waals surface area contributed by atoms with Crippen molar-refractivity contribution in [2.45, 2.75) is 24.7 Å². The molecule has 0 unspecified atom stereocenters. The molecule has 1 aromatic heterocycles. The van der Waals surface area contributed by atoms with Gasteiger partial charge in [-0.1, -0.05) is 23.8 Å². The number of rotatable bonds is 4. The minimum Gasteiger partial charge on any atom is -0.326 e. The number of carbonyl (C=O) groups excluding carboxylic acids is 1. The van der Waals surface area contributed by atoms with Crippen LogP contribution in [0.4, 0.5) is 5.69 Å². The smallest absolute Gasteiger partial charge is 0.245 e. The summed E-state index contributed by atoms with van der Waals surface area (Å²) in [6.45, 7) is 2.53. The van der Waals surface area contributed by atoms with Crippen molar-refractivity contribution in [1.82, 2.24) is 13.1 Å². The van der Waals surface area contributed by atoms with Crippen molar-refractivity contribution in [3.05, 3.63) is 48.0 Å². The van der Waals surface area contributed by atoms with Gasteiger partial charge in [0.25, 0.3) is 0 Å². The van der Waals surface area contributed by atoms with Crippen molar-refractivity contribution in [3.8, 4) is 0 Å². The maximum absolute atomic E-state index is 13.2. The summed E-state index contributed by atoms with van der Waals surface area (Å²) in [5.41, 5.74) is 2.78. The minimum absolute atomic E-state index is 0.151. The number of carbonyl (C=O) groups is 1. The molecule has 4 rings (SSSR count). The molecule has 146 valence electrons. The van der Waals surface area contributed by atoms with E-state index < -0.39 is 15.9 Å². The van der Waals surface area contributed by atoms with E-state index in [-0.39, 0.29) is 17.3 Å². The number of piperidine rings is 1. The Hall–Kier alpha value is -2.36. The SMILES string of the molecule is Cc1ccc(NC(=O)[C@@H]2CCCN(S(=O)(=O)c3cccc4nsnc34)C2)cc1. The Kier molecular flexibility index (Phi) is 5.13. The van der Waals surface area contributed by atoms with Gasteiger partial charge in [-0.2, -0.15) is 13.1 Å². The summed E-state index contributed by atoms with van der Waals surface area (Å²) in [6, 6.07) is 12.5. The molecule has 1 fully saturated rings. The van der Waals surface area contributed by atoms with E-state index in [1.165, 1.54) is 4.31 Å². The van der Waals surface area contributed by atoms with Crippen molar-refractivity contribution < 1.29 is 13.2 Å². The van der Waals surface area contributed by atoms with E-state index in [1.807, 2.05) is 31.2 Å². The molecule has 3 aromatic rings. The first-order valence-corrected chi connectivity index (χ1v) is 11.2. The molecule has 9 heteroatoms. The van der Waals surface area contributed by atoms with Crippen LogP contribution in [-0.4, -0.2) is 40.5 Å². The molecule has 1 atom stereocenters. The fraction of sp³-hybridized carbons (Fsp3) is 0.316. The van der Waals surface area contributed by atoms with E-state index in [9.17, 15) is 13.2 Å². The van der Waals surface area contributed by atoms with E-state index in [4.69, 9.17) is 0 Å². The average Bonchev–Trinajstić information content (AvgIpc) is 3.18. The van der Waals surface area contributed by atoms with E-state index in [0.29, 0.717) is 36.1 Å². The van der Waals surface area contributed by atoms with Crippen LogP contribution < -0.4 is 5.32 Å². The molecule has 0 spiro atoms. The number of nitrogens with one attached hydrogen (secondary N) is 1. The zero-order valence-electron chi connectivity index (χ0n) is 15.3. The number of amides is 1. The molecule has 2 aromatic carbocycles. The quantitative estimate of drug-likeness (QED) is 0.706. The monoisotopic (exact) mass is 416 g/mol. The largest absolute Gasteiger partial charge is 0.326 e. The summed E-state index contributed by atoms with van der Waals surface area (Å²) in [5.74, 6) is -0.546. The second-order valence-electron chi connectivity index (χ2n) is 6.95. The van der Waals surface area contributed by atoms with Crippen LogP contribution in [0.1, 0.15) is 18.4 Å². The summed E-state index contributed by atoms with van der Waals surface area (Å²) < 4.78 is 36.0. The molecule has 2 heterocycles. The Labute approximate surface area is 167 Å². The molecule has 1 aliphatic rings. The number of hydrogen-bond acceptors (Lipinski definition) is 6. The van der Waals surface area contributed by atoms with Crippen LogP contribution in [0.3, 0.4) is 0 Å². The lowest BCUT2D eigenvalue weighted by Crippen LogP contribution is -2.43. The molecule has 0 aliphatic carbocycles. The average molecular weight is 417 g/mol. The van der Waals surface area contributed by atoms with Crippen LogP contribution in [0.15, 0.2) is 47.4 Å². The topological polar surface area (TPSA) is 92.3 Å². The van der Waals surface area contributed by atoms with Crippen LogP contribution in [0, 0.1) is 12.8 Å². The Bertz CT molecular complexity index is 1110. The van der Waals surface area contributed by atoms with Gasteiger partial charge >= 0.3 is 0 Å². The molecule has 1 amide bonds. The Morgan fingerprint density at radius 2 is 1.96 bits per heavy atom. The summed E-state index contributed by atoms with van der Waals surface area (Å²) >= 11 is 0.990. The first kappa shape index (κ1) is 19.0. The van der Waals surface area contributed by atoms with Gasteiger partial charge in [-0.3, -0.25) is 4.79 Å². The molecule has 1 N–H and O–H groups in total. The number of benzene rings is 2. The Balaban J connectivity index is 1.53. The van der Waals surface area contributed by atoms with Gasteiger partial charge in [0.05, 0.1) is 17.6 Å². The van der Waals surface area contributed by atoms with Crippen LogP contribution in [0.5, 0.6) is 0 Å². The fourth-order valence-corrected chi connectivity index (χ4v) is 5.66. The zero-order chi connectivity index (χ0) is 19.7. The van der Waals surface area contributed by atoms with Crippen molar-refractivity contribution in [3.63, 3.8) is 0 Å². The molecule has 0 radical (unpaired) electrons. The lowest BCUT2D eigenvalue weighted by Gasteiger charge is -2.31. The second kappa shape index (κ2) is 7.57. The number of sulfonamides is 1. The highest BCUT2D eigenvalue weighted by Gasteiger charge is 2.34. The highest BCUT2D eigenvalue weighted by molar-refractivity contribution is 7.89. The summed E-state index contributed by atoms with van der Waals surface area (Å²) in [4.78, 5) is 12.8. The van der Waals surface area contributed by atoms with Crippen LogP contribution in [0.2, 0.25) is 0 Å². The highest BCUT2D eigenvalue weighted by atomic mass is 32.2. The number of anilines is 1. The number of aryl methyl sites for hydroxylation is 1. The summed E-state index contributed by atoms with van der Waals surface area (Å²) in [7, 11) is -3.75. The molecule has 28 heavy (non-hydrogen) atoms. The molecule has 0 bridgehead atoms. The Morgan fingerprint density at radius 1 is 1.18 bits per heavy atom. The van der Waals surface area contributed by atoms with Gasteiger partial charge in [0.1, 0.15) is 15.9 Å². The van der Waals surface area contributed by atoms with Gasteiger partial charge in [-0.05, 0) is 44.0 Å². The lowest BCUT2D eigenvalue weighted by molar-refractivity contribution is -0.120. The molecule has 7 nitrogen and oxygen atoms in total. The maximum Gasteiger partial charge on any atom is 0.245 e. The molecule has 1 aliphatic heterocycles. The third kappa shape index (κ3) is 3.65. The predicted octanol–water partition coefficient (Wildman–Crippen LogP) is 3.04.